The van der Waals surface area contributed by atoms with Crippen molar-refractivity contribution in [2.24, 2.45) is 0 Å². The van der Waals surface area contributed by atoms with E-state index in [1.54, 1.807) is 0 Å². The maximum Gasteiger partial charge on any atom is 0.252 e. The summed E-state index contributed by atoms with van der Waals surface area (Å²) in [6.07, 6.45) is 0. The highest BCUT2D eigenvalue weighted by Crippen LogP contribution is 2.53. The lowest BCUT2D eigenvalue weighted by atomic mass is 9.30. The monoisotopic (exact) mass is 1290 g/mol. The molecule has 6 nitrogen and oxygen atoms in total. The Bertz CT molecular complexity index is 6400. The zero-order valence-corrected chi connectivity index (χ0v) is 55.3. The second kappa shape index (κ2) is 21.1. The van der Waals surface area contributed by atoms with Gasteiger partial charge in [-0.3, -0.25) is 0 Å². The van der Waals surface area contributed by atoms with Gasteiger partial charge in [0.1, 0.15) is 0 Å². The smallest absolute Gasteiger partial charge is 0.252 e. The van der Waals surface area contributed by atoms with Crippen molar-refractivity contribution in [3.8, 4) is 11.4 Å². The molecule has 19 aromatic rings. The van der Waals surface area contributed by atoms with E-state index in [2.05, 4.69) is 381 Å². The Morgan fingerprint density at radius 1 is 0.176 bits per heavy atom. The minimum Gasteiger partial charge on any atom is -0.311 e. The first-order chi connectivity index (χ1) is 50.7. The fourth-order valence-electron chi connectivity index (χ4n) is 18.8. The van der Waals surface area contributed by atoms with E-state index >= 15 is 0 Å². The Morgan fingerprint density at radius 3 is 0.814 bits per heavy atom. The minimum atomic E-state index is -0.183. The van der Waals surface area contributed by atoms with E-state index in [0.717, 1.165) is 79.3 Å². The lowest BCUT2D eigenvalue weighted by molar-refractivity contribution is 1.16. The van der Waals surface area contributed by atoms with Gasteiger partial charge in [0.25, 0.3) is 13.4 Å². The molecular weight excluding hydrogens is 1230 g/mol. The summed E-state index contributed by atoms with van der Waals surface area (Å²) in [5.74, 6) is 0. The summed E-state index contributed by atoms with van der Waals surface area (Å²) in [5, 5.41) is 14.9. The number of fused-ring (bicyclic) bond motifs is 24. The Morgan fingerprint density at radius 2 is 0.451 bits per heavy atom. The molecule has 0 N–H and O–H groups in total. The molecule has 8 heteroatoms. The van der Waals surface area contributed by atoms with Gasteiger partial charge in [0.05, 0.1) is 33.4 Å². The first-order valence-electron chi connectivity index (χ1n) is 35.5. The van der Waals surface area contributed by atoms with Gasteiger partial charge in [-0.05, 0) is 168 Å². The topological polar surface area (TPSA) is 22.8 Å². The highest BCUT2D eigenvalue weighted by molar-refractivity contribution is 7.03. The van der Waals surface area contributed by atoms with Crippen LogP contribution in [0, 0.1) is 0 Å². The van der Waals surface area contributed by atoms with Crippen LogP contribution in [0.15, 0.2) is 352 Å². The van der Waals surface area contributed by atoms with E-state index < -0.39 is 0 Å². The van der Waals surface area contributed by atoms with Crippen molar-refractivity contribution in [3.05, 3.63) is 352 Å². The van der Waals surface area contributed by atoms with Gasteiger partial charge in [-0.25, -0.2) is 0 Å². The fraction of sp³-hybridized carbons (Fsp3) is 0. The van der Waals surface area contributed by atoms with Crippen molar-refractivity contribution in [2.45, 2.75) is 0 Å². The lowest BCUT2D eigenvalue weighted by Crippen LogP contribution is -2.65. The number of hydrogen-bond acceptors (Lipinski definition) is 4. The van der Waals surface area contributed by atoms with Crippen LogP contribution in [0.4, 0.5) is 68.2 Å². The number of nitrogens with zero attached hydrogens (tertiary/aromatic N) is 6. The summed E-state index contributed by atoms with van der Waals surface area (Å²) in [7, 11) is 0. The molecule has 2 aromatic heterocycles. The van der Waals surface area contributed by atoms with E-state index in [1.165, 1.54) is 120 Å². The zero-order valence-electron chi connectivity index (χ0n) is 55.3. The van der Waals surface area contributed by atoms with Crippen LogP contribution in [0.1, 0.15) is 0 Å². The summed E-state index contributed by atoms with van der Waals surface area (Å²) in [6.45, 7) is -0.365. The summed E-state index contributed by atoms with van der Waals surface area (Å²) in [4.78, 5) is 10.3. The molecule has 0 aliphatic carbocycles. The molecule has 0 radical (unpaired) electrons. The molecule has 470 valence electrons. The highest BCUT2D eigenvalue weighted by Gasteiger charge is 2.49. The molecule has 0 fully saturated rings. The molecule has 102 heavy (non-hydrogen) atoms. The first-order valence-corrected chi connectivity index (χ1v) is 35.5. The average molecular weight is 1290 g/mol. The third-order valence-corrected chi connectivity index (χ3v) is 22.7. The second-order valence-electron chi connectivity index (χ2n) is 27.8. The van der Waals surface area contributed by atoms with Gasteiger partial charge in [-0.2, -0.15) is 0 Å². The molecular formula is C94H58B2N6. The van der Waals surface area contributed by atoms with Crippen LogP contribution in [-0.2, 0) is 0 Å². The van der Waals surface area contributed by atoms with Gasteiger partial charge in [0.15, 0.2) is 0 Å². The molecule has 0 unspecified atom stereocenters. The Labute approximate surface area is 589 Å². The van der Waals surface area contributed by atoms with Crippen molar-refractivity contribution in [2.75, 3.05) is 19.6 Å². The normalized spacial score (nSPS) is 13.4. The molecule has 0 saturated heterocycles. The predicted molar refractivity (Wildman–Crippen MR) is 433 cm³/mol. The molecule has 6 heterocycles. The number of rotatable bonds is 6. The number of para-hydroxylation sites is 8. The van der Waals surface area contributed by atoms with Gasteiger partial charge in [-0.1, -0.05) is 249 Å². The minimum absolute atomic E-state index is 0.183. The van der Waals surface area contributed by atoms with Crippen molar-refractivity contribution >= 4 is 201 Å². The molecule has 0 saturated carbocycles. The average Bonchev–Trinajstić information content (AvgIpc) is 1.64. The van der Waals surface area contributed by atoms with Crippen LogP contribution in [0.25, 0.3) is 98.1 Å². The van der Waals surface area contributed by atoms with E-state index in [0.29, 0.717) is 0 Å². The highest BCUT2D eigenvalue weighted by atomic mass is 15.2. The summed E-state index contributed by atoms with van der Waals surface area (Å²) >= 11 is 0. The summed E-state index contributed by atoms with van der Waals surface area (Å²) in [6, 6.07) is 133. The standard InChI is InChI=1S/C94H58B2N6/c1-5-29-59(30-6-1)97-81-51-27-23-47-75(81)95-77-57-78-84(58-83(77)99(61-33-9-3-10-34-61)87-55-63(53-85(97)91(87)95)101-79-49-25-21-45-73(79)89-69-41-17-13-37-65(69)67-39-15-19-43-71(67)93(89)101)100(62-35-11-4-12-36-62)88-56-64(54-86-92(88)96(78)76-48-24-28-52-82(76)98(86)60-31-7-2-8-32-60)102-80-50-26-22-46-74(80)90-70-42-18-14-38-66(70)68-40-16-20-44-72(68)94(90)102/h1-58H. The van der Waals surface area contributed by atoms with Crippen LogP contribution >= 0.6 is 0 Å². The van der Waals surface area contributed by atoms with Crippen molar-refractivity contribution < 1.29 is 0 Å². The second-order valence-corrected chi connectivity index (χ2v) is 27.8. The van der Waals surface area contributed by atoms with E-state index in [9.17, 15) is 0 Å². The van der Waals surface area contributed by atoms with Gasteiger partial charge in [0, 0.05) is 101 Å². The Balaban J connectivity index is 0.857. The van der Waals surface area contributed by atoms with Gasteiger partial charge in [0.2, 0.25) is 0 Å². The van der Waals surface area contributed by atoms with Gasteiger partial charge < -0.3 is 28.7 Å². The molecule has 0 atom stereocenters. The molecule has 23 rings (SSSR count). The van der Waals surface area contributed by atoms with E-state index in [-0.39, 0.29) is 13.4 Å². The van der Waals surface area contributed by atoms with E-state index in [1.807, 2.05) is 0 Å². The molecule has 0 spiro atoms. The number of anilines is 12. The zero-order chi connectivity index (χ0) is 66.4. The number of benzene rings is 17. The Hall–Kier alpha value is -13.3. The summed E-state index contributed by atoms with van der Waals surface area (Å²) < 4.78 is 5.18. The van der Waals surface area contributed by atoms with Crippen LogP contribution in [-0.4, -0.2) is 22.6 Å². The molecule has 0 bridgehead atoms. The third-order valence-electron chi connectivity index (χ3n) is 22.7. The lowest BCUT2D eigenvalue weighted by Gasteiger charge is -2.47. The van der Waals surface area contributed by atoms with Gasteiger partial charge in [-0.15, -0.1) is 0 Å². The number of aromatic nitrogens is 2. The van der Waals surface area contributed by atoms with Crippen LogP contribution in [0.2, 0.25) is 0 Å². The largest absolute Gasteiger partial charge is 0.311 e. The maximum atomic E-state index is 2.66. The summed E-state index contributed by atoms with van der Waals surface area (Å²) in [5.41, 5.74) is 28.0. The van der Waals surface area contributed by atoms with Crippen LogP contribution in [0.3, 0.4) is 0 Å². The van der Waals surface area contributed by atoms with Crippen molar-refractivity contribution in [1.82, 2.24) is 9.13 Å². The van der Waals surface area contributed by atoms with Gasteiger partial charge >= 0.3 is 0 Å². The van der Waals surface area contributed by atoms with Crippen molar-refractivity contribution in [3.63, 3.8) is 0 Å². The SMILES string of the molecule is c1ccc(N2c3ccccc3B3c4cc5c(cc4N(c4ccccc4)c4cc(-n6c7ccccc7c7c8ccccc8c8ccccc8c76)cc2c43)N(c2ccccc2)c2cc(-n3c4ccccc4c4c6ccccc6c6ccccc6c43)cc3c2B5c2ccccc2N3c2ccccc2)cc1. The quantitative estimate of drug-likeness (QED) is 0.122. The molecule has 4 aliphatic rings. The van der Waals surface area contributed by atoms with Crippen LogP contribution < -0.4 is 52.4 Å². The molecule has 4 aliphatic heterocycles. The Kier molecular flexibility index (Phi) is 11.5. The maximum absolute atomic E-state index is 2.66. The van der Waals surface area contributed by atoms with Crippen molar-refractivity contribution in [1.29, 1.82) is 0 Å². The predicted octanol–water partition coefficient (Wildman–Crippen LogP) is 20.7. The van der Waals surface area contributed by atoms with Crippen LogP contribution in [0.5, 0.6) is 0 Å². The first kappa shape index (κ1) is 55.7. The molecule has 17 aromatic carbocycles. The molecule has 0 amide bonds. The fourth-order valence-corrected chi connectivity index (χ4v) is 18.8. The number of hydrogen-bond donors (Lipinski definition) is 0. The third kappa shape index (κ3) is 7.54. The van der Waals surface area contributed by atoms with E-state index in [4.69, 9.17) is 0 Å².